The van der Waals surface area contributed by atoms with E-state index >= 15 is 0 Å². The molecule has 1 atom stereocenters. The van der Waals surface area contributed by atoms with Crippen LogP contribution in [0.15, 0.2) is 18.2 Å². The highest BCUT2D eigenvalue weighted by Gasteiger charge is 2.16. The Balaban J connectivity index is 2.89. The second kappa shape index (κ2) is 6.37. The molecule has 4 N–H and O–H groups in total. The number of halogens is 1. The molecule has 1 rings (SSSR count). The fourth-order valence-corrected chi connectivity index (χ4v) is 1.67. The van der Waals surface area contributed by atoms with E-state index in [1.54, 1.807) is 6.07 Å². The van der Waals surface area contributed by atoms with Crippen LogP contribution in [0.4, 0.5) is 5.69 Å². The molecule has 0 aliphatic heterocycles. The van der Waals surface area contributed by atoms with Crippen molar-refractivity contribution in [1.29, 1.82) is 0 Å². The maximum absolute atomic E-state index is 11.8. The Morgan fingerprint density at radius 3 is 2.67 bits per heavy atom. The van der Waals surface area contributed by atoms with Gasteiger partial charge in [0.25, 0.3) is 0 Å². The average Bonchev–Trinajstić information content (AvgIpc) is 2.32. The zero-order chi connectivity index (χ0) is 13.7. The second-order valence-corrected chi connectivity index (χ2v) is 4.24. The van der Waals surface area contributed by atoms with Crippen LogP contribution in [0.5, 0.6) is 0 Å². The van der Waals surface area contributed by atoms with Crippen LogP contribution in [-0.2, 0) is 4.79 Å². The van der Waals surface area contributed by atoms with Crippen molar-refractivity contribution < 1.29 is 14.7 Å². The summed E-state index contributed by atoms with van der Waals surface area (Å²) in [5.41, 5.74) is 5.81. The first-order valence-electron chi connectivity index (χ1n) is 5.53. The zero-order valence-electron chi connectivity index (χ0n) is 9.94. The molecule has 0 aromatic heterocycles. The van der Waals surface area contributed by atoms with Crippen molar-refractivity contribution in [3.63, 3.8) is 0 Å². The second-order valence-electron chi connectivity index (χ2n) is 3.83. The number of nitrogens with two attached hydrogens (primary N) is 1. The molecule has 1 unspecified atom stereocenters. The Labute approximate surface area is 110 Å². The standard InChI is InChI=1S/C12H15ClN2O3/c1-2-7(6-14)11(16)15-8-3-4-10(13)9(5-8)12(17)18/h3-5,7H,2,6,14H2,1H3,(H,15,16)(H,17,18). The normalized spacial score (nSPS) is 11.9. The molecule has 1 amide bonds. The number of carboxylic acids is 1. The number of hydrogen-bond donors (Lipinski definition) is 3. The topological polar surface area (TPSA) is 92.4 Å². The summed E-state index contributed by atoms with van der Waals surface area (Å²) in [7, 11) is 0. The largest absolute Gasteiger partial charge is 0.478 e. The van der Waals surface area contributed by atoms with E-state index in [9.17, 15) is 9.59 Å². The number of hydrogen-bond acceptors (Lipinski definition) is 3. The van der Waals surface area contributed by atoms with E-state index in [4.69, 9.17) is 22.4 Å². The van der Waals surface area contributed by atoms with Crippen molar-refractivity contribution in [3.05, 3.63) is 28.8 Å². The van der Waals surface area contributed by atoms with E-state index in [-0.39, 0.29) is 29.0 Å². The number of rotatable bonds is 5. The van der Waals surface area contributed by atoms with E-state index < -0.39 is 5.97 Å². The van der Waals surface area contributed by atoms with Gasteiger partial charge in [0.2, 0.25) is 5.91 Å². The van der Waals surface area contributed by atoms with Crippen LogP contribution in [0.3, 0.4) is 0 Å². The van der Waals surface area contributed by atoms with Crippen molar-refractivity contribution in [2.24, 2.45) is 11.7 Å². The van der Waals surface area contributed by atoms with Gasteiger partial charge in [0.05, 0.1) is 16.5 Å². The van der Waals surface area contributed by atoms with Crippen LogP contribution in [0, 0.1) is 5.92 Å². The van der Waals surface area contributed by atoms with Gasteiger partial charge in [-0.05, 0) is 24.6 Å². The molecule has 0 aliphatic rings. The van der Waals surface area contributed by atoms with E-state index in [0.717, 1.165) is 0 Å². The predicted molar refractivity (Wildman–Crippen MR) is 69.9 cm³/mol. The van der Waals surface area contributed by atoms with Crippen molar-refractivity contribution in [2.45, 2.75) is 13.3 Å². The third-order valence-electron chi connectivity index (χ3n) is 2.61. The van der Waals surface area contributed by atoms with Gasteiger partial charge in [-0.3, -0.25) is 4.79 Å². The van der Waals surface area contributed by atoms with Crippen LogP contribution in [0.25, 0.3) is 0 Å². The highest BCUT2D eigenvalue weighted by molar-refractivity contribution is 6.33. The number of nitrogens with one attached hydrogen (secondary N) is 1. The fraction of sp³-hybridized carbons (Fsp3) is 0.333. The van der Waals surface area contributed by atoms with Gasteiger partial charge >= 0.3 is 5.97 Å². The van der Waals surface area contributed by atoms with Crippen molar-refractivity contribution in [2.75, 3.05) is 11.9 Å². The third-order valence-corrected chi connectivity index (χ3v) is 2.94. The molecule has 0 heterocycles. The van der Waals surface area contributed by atoms with Gasteiger partial charge in [0.15, 0.2) is 0 Å². The van der Waals surface area contributed by atoms with Crippen molar-refractivity contribution in [3.8, 4) is 0 Å². The summed E-state index contributed by atoms with van der Waals surface area (Å²) in [4.78, 5) is 22.7. The van der Waals surface area contributed by atoms with Gasteiger partial charge in [-0.2, -0.15) is 0 Å². The van der Waals surface area contributed by atoms with Gasteiger partial charge in [-0.1, -0.05) is 18.5 Å². The Morgan fingerprint density at radius 1 is 1.50 bits per heavy atom. The molecule has 98 valence electrons. The zero-order valence-corrected chi connectivity index (χ0v) is 10.7. The molecule has 1 aromatic rings. The molecule has 18 heavy (non-hydrogen) atoms. The molecule has 0 spiro atoms. The Morgan fingerprint density at radius 2 is 2.17 bits per heavy atom. The smallest absolute Gasteiger partial charge is 0.337 e. The lowest BCUT2D eigenvalue weighted by molar-refractivity contribution is -0.119. The summed E-state index contributed by atoms with van der Waals surface area (Å²) in [6.45, 7) is 2.11. The molecular weight excluding hydrogens is 256 g/mol. The van der Waals surface area contributed by atoms with E-state index in [1.165, 1.54) is 12.1 Å². The first kappa shape index (κ1) is 14.5. The minimum atomic E-state index is -1.14. The van der Waals surface area contributed by atoms with Gasteiger partial charge in [-0.25, -0.2) is 4.79 Å². The first-order chi connectivity index (χ1) is 8.49. The fourth-order valence-electron chi connectivity index (χ4n) is 1.47. The minimum Gasteiger partial charge on any atom is -0.478 e. The quantitative estimate of drug-likeness (QED) is 0.762. The lowest BCUT2D eigenvalue weighted by Crippen LogP contribution is -2.28. The Kier molecular flexibility index (Phi) is 5.12. The monoisotopic (exact) mass is 270 g/mol. The number of aromatic carboxylic acids is 1. The van der Waals surface area contributed by atoms with Crippen LogP contribution in [-0.4, -0.2) is 23.5 Å². The van der Waals surface area contributed by atoms with Crippen LogP contribution < -0.4 is 11.1 Å². The molecule has 0 aliphatic carbocycles. The first-order valence-corrected chi connectivity index (χ1v) is 5.91. The van der Waals surface area contributed by atoms with Gasteiger partial charge < -0.3 is 16.2 Å². The molecule has 0 saturated heterocycles. The average molecular weight is 271 g/mol. The number of amides is 1. The lowest BCUT2D eigenvalue weighted by atomic mass is 10.1. The summed E-state index contributed by atoms with van der Waals surface area (Å²) in [6, 6.07) is 4.31. The molecule has 5 nitrogen and oxygen atoms in total. The maximum Gasteiger partial charge on any atom is 0.337 e. The van der Waals surface area contributed by atoms with Gasteiger partial charge in [-0.15, -0.1) is 0 Å². The summed E-state index contributed by atoms with van der Waals surface area (Å²) in [5, 5.41) is 11.7. The van der Waals surface area contributed by atoms with Crippen molar-refractivity contribution in [1.82, 2.24) is 0 Å². The SMILES string of the molecule is CCC(CN)C(=O)Nc1ccc(Cl)c(C(=O)O)c1. The predicted octanol–water partition coefficient (Wildman–Crippen LogP) is 1.96. The van der Waals surface area contributed by atoms with Gasteiger partial charge in [0, 0.05) is 12.2 Å². The summed E-state index contributed by atoms with van der Waals surface area (Å²) in [6.07, 6.45) is 0.627. The Hall–Kier alpha value is -1.59. The number of benzene rings is 1. The molecule has 1 aromatic carbocycles. The van der Waals surface area contributed by atoms with Gasteiger partial charge in [0.1, 0.15) is 0 Å². The van der Waals surface area contributed by atoms with E-state index in [1.807, 2.05) is 6.92 Å². The highest BCUT2D eigenvalue weighted by atomic mass is 35.5. The Bertz CT molecular complexity index is 459. The number of carboxylic acid groups (broad SMARTS) is 1. The molecule has 0 radical (unpaired) electrons. The number of carbonyl (C=O) groups excluding carboxylic acids is 1. The van der Waals surface area contributed by atoms with Crippen molar-refractivity contribution >= 4 is 29.2 Å². The number of carbonyl (C=O) groups is 2. The number of anilines is 1. The lowest BCUT2D eigenvalue weighted by Gasteiger charge is -2.13. The van der Waals surface area contributed by atoms with Crippen LogP contribution in [0.2, 0.25) is 5.02 Å². The molecule has 0 bridgehead atoms. The minimum absolute atomic E-state index is 0.0461. The summed E-state index contributed by atoms with van der Waals surface area (Å²) in [5.74, 6) is -1.64. The summed E-state index contributed by atoms with van der Waals surface area (Å²) < 4.78 is 0. The molecular formula is C12H15ClN2O3. The van der Waals surface area contributed by atoms with Crippen LogP contribution >= 0.6 is 11.6 Å². The summed E-state index contributed by atoms with van der Waals surface area (Å²) >= 11 is 5.73. The van der Waals surface area contributed by atoms with Crippen LogP contribution in [0.1, 0.15) is 23.7 Å². The van der Waals surface area contributed by atoms with E-state index in [2.05, 4.69) is 5.32 Å². The highest BCUT2D eigenvalue weighted by Crippen LogP contribution is 2.21. The molecule has 0 fully saturated rings. The molecule has 0 saturated carbocycles. The third kappa shape index (κ3) is 3.45. The van der Waals surface area contributed by atoms with E-state index in [0.29, 0.717) is 12.1 Å². The molecule has 6 heteroatoms. The maximum atomic E-state index is 11.8.